The summed E-state index contributed by atoms with van der Waals surface area (Å²) in [6, 6.07) is 1.84. The second kappa shape index (κ2) is 21.8. The van der Waals surface area contributed by atoms with Gasteiger partial charge in [-0.25, -0.2) is 0 Å². The smallest absolute Gasteiger partial charge is 0.282 e. The predicted molar refractivity (Wildman–Crippen MR) is 176 cm³/mol. The highest BCUT2D eigenvalue weighted by atomic mass is 32.2. The zero-order chi connectivity index (χ0) is 29.8. The van der Waals surface area contributed by atoms with E-state index in [1.54, 1.807) is 0 Å². The fourth-order valence-corrected chi connectivity index (χ4v) is 7.28. The highest BCUT2D eigenvalue weighted by Gasteiger charge is 2.27. The van der Waals surface area contributed by atoms with E-state index in [4.69, 9.17) is 0 Å². The lowest BCUT2D eigenvalue weighted by Crippen LogP contribution is -2.14. The van der Waals surface area contributed by atoms with Crippen molar-refractivity contribution in [2.45, 2.75) is 200 Å². The molecule has 0 radical (unpaired) electrons. The van der Waals surface area contributed by atoms with Crippen LogP contribution in [0.25, 0.3) is 0 Å². The van der Waals surface area contributed by atoms with Gasteiger partial charge in [0, 0.05) is 0 Å². The summed E-state index contributed by atoms with van der Waals surface area (Å²) in [6.45, 7) is 13.0. The molecule has 0 saturated heterocycles. The summed E-state index contributed by atoms with van der Waals surface area (Å²) in [5.41, 5.74) is 4.56. The maximum atomic E-state index is 12.5. The number of hydrogen-bond acceptors (Lipinski definition) is 2. The van der Waals surface area contributed by atoms with Gasteiger partial charge in [-0.1, -0.05) is 157 Å². The Morgan fingerprint density at radius 1 is 0.550 bits per heavy atom. The molecule has 0 bridgehead atoms. The Balaban J connectivity index is 2.88. The maximum Gasteiger partial charge on any atom is 0.294 e. The number of benzene rings is 1. The van der Waals surface area contributed by atoms with Crippen molar-refractivity contribution in [2.24, 2.45) is 0 Å². The normalized spacial score (nSPS) is 12.2. The van der Waals surface area contributed by atoms with Gasteiger partial charge in [-0.3, -0.25) is 4.55 Å². The molecule has 1 rings (SSSR count). The molecule has 0 aliphatic heterocycles. The Kier molecular flexibility index (Phi) is 20.2. The third-order valence-electron chi connectivity index (χ3n) is 8.59. The molecule has 234 valence electrons. The summed E-state index contributed by atoms with van der Waals surface area (Å²) in [6.07, 6.45) is 28.0. The van der Waals surface area contributed by atoms with E-state index in [-0.39, 0.29) is 16.7 Å². The molecular formula is C36H66O3S. The minimum absolute atomic E-state index is 0.0483. The third kappa shape index (κ3) is 14.9. The van der Waals surface area contributed by atoms with E-state index in [9.17, 15) is 13.0 Å². The monoisotopic (exact) mass is 578 g/mol. The highest BCUT2D eigenvalue weighted by molar-refractivity contribution is 7.85. The molecule has 0 fully saturated rings. The van der Waals surface area contributed by atoms with Crippen LogP contribution >= 0.6 is 0 Å². The second-order valence-corrected chi connectivity index (χ2v) is 14.4. The van der Waals surface area contributed by atoms with Crippen LogP contribution in [-0.2, 0) is 23.0 Å². The minimum atomic E-state index is -4.27. The van der Waals surface area contributed by atoms with E-state index >= 15 is 0 Å². The van der Waals surface area contributed by atoms with Gasteiger partial charge in [0.1, 0.15) is 0 Å². The summed E-state index contributed by atoms with van der Waals surface area (Å²) in [4.78, 5) is 0.153. The van der Waals surface area contributed by atoms with E-state index in [0.717, 1.165) is 36.8 Å². The van der Waals surface area contributed by atoms with E-state index in [1.807, 2.05) is 6.07 Å². The van der Waals surface area contributed by atoms with Gasteiger partial charge in [0.15, 0.2) is 0 Å². The molecule has 0 heterocycles. The lowest BCUT2D eigenvalue weighted by molar-refractivity contribution is 0.480. The van der Waals surface area contributed by atoms with Gasteiger partial charge in [0.25, 0.3) is 10.1 Å². The van der Waals surface area contributed by atoms with Crippen molar-refractivity contribution in [3.63, 3.8) is 0 Å². The molecule has 0 amide bonds. The summed E-state index contributed by atoms with van der Waals surface area (Å²) in [7, 11) is -4.27. The number of rotatable bonds is 25. The van der Waals surface area contributed by atoms with Gasteiger partial charge in [-0.05, 0) is 65.8 Å². The molecule has 1 aromatic rings. The van der Waals surface area contributed by atoms with Crippen molar-refractivity contribution in [1.29, 1.82) is 0 Å². The average Bonchev–Trinajstić information content (AvgIpc) is 2.89. The van der Waals surface area contributed by atoms with Crippen LogP contribution < -0.4 is 0 Å². The second-order valence-electron chi connectivity index (χ2n) is 13.0. The molecule has 0 spiro atoms. The van der Waals surface area contributed by atoms with E-state index in [2.05, 4.69) is 41.5 Å². The lowest BCUT2D eigenvalue weighted by atomic mass is 9.81. The quantitative estimate of drug-likeness (QED) is 0.0927. The summed E-state index contributed by atoms with van der Waals surface area (Å²) in [5.74, 6) is 0.274. The van der Waals surface area contributed by atoms with Crippen LogP contribution in [0.3, 0.4) is 0 Å². The predicted octanol–water partition coefficient (Wildman–Crippen LogP) is 12.1. The van der Waals surface area contributed by atoms with E-state index in [1.165, 1.54) is 127 Å². The Bertz CT molecular complexity index is 886. The molecule has 40 heavy (non-hydrogen) atoms. The Morgan fingerprint density at radius 3 is 1.25 bits per heavy atom. The van der Waals surface area contributed by atoms with E-state index < -0.39 is 10.1 Å². The maximum absolute atomic E-state index is 12.5. The average molecular weight is 579 g/mol. The summed E-state index contributed by atoms with van der Waals surface area (Å²) in [5, 5.41) is 0. The molecule has 0 aliphatic carbocycles. The summed E-state index contributed by atoms with van der Waals surface area (Å²) < 4.78 is 35.3. The number of unbranched alkanes of at least 4 members (excludes halogenated alkanes) is 18. The van der Waals surface area contributed by atoms with Crippen LogP contribution in [0.2, 0.25) is 0 Å². The van der Waals surface area contributed by atoms with Crippen molar-refractivity contribution >= 4 is 10.1 Å². The van der Waals surface area contributed by atoms with Gasteiger partial charge in [0.2, 0.25) is 0 Å². The van der Waals surface area contributed by atoms with Crippen LogP contribution in [-0.4, -0.2) is 13.0 Å². The van der Waals surface area contributed by atoms with Crippen molar-refractivity contribution in [2.75, 3.05) is 0 Å². The topological polar surface area (TPSA) is 54.4 Å². The molecule has 1 N–H and O–H groups in total. The van der Waals surface area contributed by atoms with Crippen molar-refractivity contribution in [1.82, 2.24) is 0 Å². The van der Waals surface area contributed by atoms with Gasteiger partial charge < -0.3 is 0 Å². The first-order valence-corrected chi connectivity index (χ1v) is 18.7. The molecule has 0 unspecified atom stereocenters. The van der Waals surface area contributed by atoms with Crippen LogP contribution in [0.15, 0.2) is 11.0 Å². The van der Waals surface area contributed by atoms with Crippen LogP contribution in [0.4, 0.5) is 0 Å². The fraction of sp³-hybridized carbons (Fsp3) is 0.833. The highest BCUT2D eigenvalue weighted by Crippen LogP contribution is 2.38. The Labute approximate surface area is 250 Å². The van der Waals surface area contributed by atoms with Gasteiger partial charge in [-0.2, -0.15) is 8.42 Å². The molecule has 0 atom stereocenters. The van der Waals surface area contributed by atoms with E-state index in [0.29, 0.717) is 0 Å². The Hall–Kier alpha value is -0.870. The van der Waals surface area contributed by atoms with Gasteiger partial charge >= 0.3 is 0 Å². The first-order chi connectivity index (χ1) is 19.1. The van der Waals surface area contributed by atoms with Crippen molar-refractivity contribution in [3.05, 3.63) is 28.3 Å². The first-order valence-electron chi connectivity index (χ1n) is 17.3. The standard InChI is InChI=1S/C36H66O3S/c1-7-9-11-13-15-17-19-21-23-25-27-32-29-34(40(37,38)39)36(31(5)6)35(30(3)4)33(32)28-26-24-22-20-18-16-14-12-10-8-2/h29-31H,7-28H2,1-6H3,(H,37,38,39). The number of hydrogen-bond donors (Lipinski definition) is 1. The minimum Gasteiger partial charge on any atom is -0.282 e. The molecule has 0 aromatic heterocycles. The van der Waals surface area contributed by atoms with Crippen LogP contribution in [0.5, 0.6) is 0 Å². The SMILES string of the molecule is CCCCCCCCCCCCc1cc(S(=O)(=O)O)c(C(C)C)c(C(C)C)c1CCCCCCCCCCCC. The molecular weight excluding hydrogens is 512 g/mol. The van der Waals surface area contributed by atoms with Crippen LogP contribution in [0, 0.1) is 0 Å². The Morgan fingerprint density at radius 2 is 0.900 bits per heavy atom. The van der Waals surface area contributed by atoms with Crippen molar-refractivity contribution in [3.8, 4) is 0 Å². The molecule has 4 heteroatoms. The largest absolute Gasteiger partial charge is 0.294 e. The fourth-order valence-electron chi connectivity index (χ4n) is 6.37. The zero-order valence-electron chi connectivity index (χ0n) is 27.5. The summed E-state index contributed by atoms with van der Waals surface area (Å²) >= 11 is 0. The molecule has 1 aromatic carbocycles. The molecule has 0 aliphatic rings. The zero-order valence-corrected chi connectivity index (χ0v) is 28.3. The van der Waals surface area contributed by atoms with Crippen molar-refractivity contribution < 1.29 is 13.0 Å². The van der Waals surface area contributed by atoms with Crippen LogP contribution in [0.1, 0.15) is 204 Å². The first kappa shape index (κ1) is 37.2. The van der Waals surface area contributed by atoms with Gasteiger partial charge in [0.05, 0.1) is 4.90 Å². The number of aryl methyl sites for hydroxylation is 1. The third-order valence-corrected chi connectivity index (χ3v) is 9.48. The van der Waals surface area contributed by atoms with Gasteiger partial charge in [-0.15, -0.1) is 0 Å². The molecule has 0 saturated carbocycles. The molecule has 3 nitrogen and oxygen atoms in total. The lowest BCUT2D eigenvalue weighted by Gasteiger charge is -2.26.